The maximum absolute atomic E-state index is 13.4. The van der Waals surface area contributed by atoms with E-state index in [4.69, 9.17) is 9.47 Å². The van der Waals surface area contributed by atoms with Gasteiger partial charge in [-0.15, -0.1) is 0 Å². The monoisotopic (exact) mass is 475 g/mol. The predicted octanol–water partition coefficient (Wildman–Crippen LogP) is 4.80. The molecule has 0 aromatic carbocycles. The SMILES string of the molecule is C=C(COCCCC(F)(F)C(F)(F)S(=O)(=O)[O-])C(=O)OC1(C(C)C)CCCCCCC1. The molecule has 0 amide bonds. The molecule has 0 aliphatic heterocycles. The number of alkyl halides is 4. The summed E-state index contributed by atoms with van der Waals surface area (Å²) in [4.78, 5) is 12.5. The van der Waals surface area contributed by atoms with E-state index in [-0.39, 0.29) is 18.1 Å². The fourth-order valence-electron chi connectivity index (χ4n) is 3.54. The molecular formula is C20H31F4O6S-. The maximum Gasteiger partial charge on any atom is 0.396 e. The van der Waals surface area contributed by atoms with Crippen LogP contribution >= 0.6 is 0 Å². The maximum atomic E-state index is 13.4. The summed E-state index contributed by atoms with van der Waals surface area (Å²) in [5.74, 6) is -5.61. The van der Waals surface area contributed by atoms with Gasteiger partial charge in [0.05, 0.1) is 12.2 Å². The highest BCUT2D eigenvalue weighted by Crippen LogP contribution is 2.41. The summed E-state index contributed by atoms with van der Waals surface area (Å²) in [6, 6.07) is 0. The molecule has 1 saturated carbocycles. The van der Waals surface area contributed by atoms with E-state index in [1.54, 1.807) is 0 Å². The van der Waals surface area contributed by atoms with E-state index in [9.17, 15) is 35.3 Å². The van der Waals surface area contributed by atoms with Crippen molar-refractivity contribution in [2.75, 3.05) is 13.2 Å². The van der Waals surface area contributed by atoms with E-state index in [2.05, 4.69) is 6.58 Å². The Morgan fingerprint density at radius 3 is 2.10 bits per heavy atom. The third-order valence-corrected chi connectivity index (χ3v) is 6.56. The standard InChI is InChI=1S/C20H32F4O6S/c1-15(2)18(10-7-5-4-6-8-11-18)30-17(25)16(3)14-29-13-9-12-19(21,22)20(23,24)31(26,27)28/h15H,3-14H2,1-2H3,(H,26,27,28)/p-1. The lowest BCUT2D eigenvalue weighted by atomic mass is 9.79. The highest BCUT2D eigenvalue weighted by atomic mass is 32.2. The van der Waals surface area contributed by atoms with Crippen molar-refractivity contribution in [1.82, 2.24) is 0 Å². The fraction of sp³-hybridized carbons (Fsp3) is 0.850. The molecule has 6 nitrogen and oxygen atoms in total. The molecule has 1 fully saturated rings. The van der Waals surface area contributed by atoms with Crippen LogP contribution in [0.1, 0.15) is 71.6 Å². The lowest BCUT2D eigenvalue weighted by molar-refractivity contribution is -0.167. The number of esters is 1. The first kappa shape index (κ1) is 27.8. The summed E-state index contributed by atoms with van der Waals surface area (Å²) in [6.45, 7) is 6.72. The number of hydrogen-bond donors (Lipinski definition) is 0. The summed E-state index contributed by atoms with van der Waals surface area (Å²) >= 11 is 0. The first-order chi connectivity index (χ1) is 14.2. The molecule has 182 valence electrons. The van der Waals surface area contributed by atoms with Crippen molar-refractivity contribution in [3.05, 3.63) is 12.2 Å². The summed E-state index contributed by atoms with van der Waals surface area (Å²) < 4.78 is 94.8. The van der Waals surface area contributed by atoms with Crippen LogP contribution < -0.4 is 0 Å². The quantitative estimate of drug-likeness (QED) is 0.140. The minimum atomic E-state index is -6.51. The van der Waals surface area contributed by atoms with E-state index in [1.165, 1.54) is 0 Å². The molecule has 0 heterocycles. The van der Waals surface area contributed by atoms with Crippen LogP contribution in [0.15, 0.2) is 12.2 Å². The zero-order valence-electron chi connectivity index (χ0n) is 17.9. The Kier molecular flexibility index (Phi) is 9.96. The molecule has 0 aromatic heterocycles. The van der Waals surface area contributed by atoms with Crippen LogP contribution in [-0.2, 0) is 24.4 Å². The zero-order valence-corrected chi connectivity index (χ0v) is 18.7. The average Bonchev–Trinajstić information content (AvgIpc) is 2.62. The van der Waals surface area contributed by atoms with Crippen molar-refractivity contribution in [1.29, 1.82) is 0 Å². The van der Waals surface area contributed by atoms with Crippen molar-refractivity contribution >= 4 is 16.1 Å². The second-order valence-corrected chi connectivity index (χ2v) is 9.73. The number of carbonyl (C=O) groups is 1. The highest BCUT2D eigenvalue weighted by Gasteiger charge is 2.60. The fourth-order valence-corrected chi connectivity index (χ4v) is 4.00. The van der Waals surface area contributed by atoms with Gasteiger partial charge in [-0.25, -0.2) is 13.2 Å². The Hall–Kier alpha value is -1.20. The molecule has 0 radical (unpaired) electrons. The van der Waals surface area contributed by atoms with E-state index < -0.39 is 52.3 Å². The topological polar surface area (TPSA) is 92.7 Å². The van der Waals surface area contributed by atoms with Gasteiger partial charge in [-0.2, -0.15) is 17.6 Å². The first-order valence-electron chi connectivity index (χ1n) is 10.4. The van der Waals surface area contributed by atoms with E-state index in [0.717, 1.165) is 44.9 Å². The van der Waals surface area contributed by atoms with E-state index >= 15 is 0 Å². The van der Waals surface area contributed by atoms with Gasteiger partial charge in [-0.1, -0.05) is 39.7 Å². The largest absolute Gasteiger partial charge is 0.743 e. The molecule has 31 heavy (non-hydrogen) atoms. The summed E-state index contributed by atoms with van der Waals surface area (Å²) in [6.07, 6.45) is 4.38. The number of rotatable bonds is 11. The normalized spacial score (nSPS) is 18.3. The number of carbonyl (C=O) groups excluding carboxylic acids is 1. The molecule has 11 heteroatoms. The Balaban J connectivity index is 2.52. The Labute approximate surface area is 181 Å². The van der Waals surface area contributed by atoms with Crippen molar-refractivity contribution < 1.29 is 44.8 Å². The molecule has 1 aliphatic carbocycles. The van der Waals surface area contributed by atoms with Crippen LogP contribution in [0.25, 0.3) is 0 Å². The lowest BCUT2D eigenvalue weighted by Gasteiger charge is -2.38. The molecule has 0 atom stereocenters. The van der Waals surface area contributed by atoms with Gasteiger partial charge >= 0.3 is 17.1 Å². The molecule has 0 bridgehead atoms. The smallest absolute Gasteiger partial charge is 0.396 e. The van der Waals surface area contributed by atoms with Gasteiger partial charge in [0.25, 0.3) is 0 Å². The molecule has 1 aliphatic rings. The minimum absolute atomic E-state index is 0.0405. The summed E-state index contributed by atoms with van der Waals surface area (Å²) in [5, 5.41) is -5.71. The minimum Gasteiger partial charge on any atom is -0.743 e. The molecule has 0 N–H and O–H groups in total. The third kappa shape index (κ3) is 7.42. The Bertz CT molecular complexity index is 713. The second kappa shape index (κ2) is 11.1. The number of hydrogen-bond acceptors (Lipinski definition) is 6. The van der Waals surface area contributed by atoms with Crippen LogP contribution in [0.3, 0.4) is 0 Å². The van der Waals surface area contributed by atoms with Crippen LogP contribution in [0.5, 0.6) is 0 Å². The van der Waals surface area contributed by atoms with Crippen molar-refractivity contribution in [2.24, 2.45) is 5.92 Å². The zero-order chi connectivity index (χ0) is 23.9. The van der Waals surface area contributed by atoms with Gasteiger partial charge in [-0.3, -0.25) is 0 Å². The van der Waals surface area contributed by atoms with E-state index in [0.29, 0.717) is 0 Å². The highest BCUT2D eigenvalue weighted by molar-refractivity contribution is 7.86. The van der Waals surface area contributed by atoms with Crippen LogP contribution in [0.4, 0.5) is 17.6 Å². The number of halogens is 4. The average molecular weight is 476 g/mol. The van der Waals surface area contributed by atoms with Gasteiger partial charge in [0, 0.05) is 13.0 Å². The molecule has 0 saturated heterocycles. The summed E-state index contributed by atoms with van der Waals surface area (Å²) in [7, 11) is -6.51. The third-order valence-electron chi connectivity index (χ3n) is 5.63. The molecule has 1 rings (SSSR count). The van der Waals surface area contributed by atoms with Gasteiger partial charge in [0.1, 0.15) is 5.60 Å². The molecule has 0 unspecified atom stereocenters. The summed E-state index contributed by atoms with van der Waals surface area (Å²) in [5.41, 5.74) is -0.654. The van der Waals surface area contributed by atoms with Crippen LogP contribution in [0, 0.1) is 5.92 Å². The van der Waals surface area contributed by atoms with Gasteiger partial charge in [0.15, 0.2) is 10.1 Å². The van der Waals surface area contributed by atoms with Gasteiger partial charge in [0.2, 0.25) is 0 Å². The molecular weight excluding hydrogens is 444 g/mol. The lowest BCUT2D eigenvalue weighted by Crippen LogP contribution is -2.46. The van der Waals surface area contributed by atoms with Crippen molar-refractivity contribution in [3.8, 4) is 0 Å². The van der Waals surface area contributed by atoms with Crippen LogP contribution in [-0.4, -0.2) is 48.9 Å². The van der Waals surface area contributed by atoms with Crippen molar-refractivity contribution in [3.63, 3.8) is 0 Å². The first-order valence-corrected chi connectivity index (χ1v) is 11.8. The number of ether oxygens (including phenoxy) is 2. The van der Waals surface area contributed by atoms with Crippen LogP contribution in [0.2, 0.25) is 0 Å². The van der Waals surface area contributed by atoms with Gasteiger partial charge < -0.3 is 14.0 Å². The molecule has 0 aromatic rings. The Morgan fingerprint density at radius 2 is 1.61 bits per heavy atom. The Morgan fingerprint density at radius 1 is 1.10 bits per heavy atom. The predicted molar refractivity (Wildman–Crippen MR) is 105 cm³/mol. The van der Waals surface area contributed by atoms with Gasteiger partial charge in [-0.05, 0) is 38.0 Å². The molecule has 0 spiro atoms. The second-order valence-electron chi connectivity index (χ2n) is 8.31. The van der Waals surface area contributed by atoms with Crippen molar-refractivity contribution in [2.45, 2.75) is 88.4 Å². The van der Waals surface area contributed by atoms with E-state index in [1.807, 2.05) is 13.8 Å².